The van der Waals surface area contributed by atoms with Crippen LogP contribution in [-0.4, -0.2) is 12.6 Å². The van der Waals surface area contributed by atoms with Crippen molar-refractivity contribution in [3.05, 3.63) is 0 Å². The van der Waals surface area contributed by atoms with Crippen LogP contribution in [0.2, 0.25) is 0 Å². The molecule has 2 atom stereocenters. The Balaban J connectivity index is 2.41. The molecule has 0 spiro atoms. The van der Waals surface area contributed by atoms with E-state index in [1.54, 1.807) is 0 Å². The maximum Gasteiger partial charge on any atom is 0.123 e. The van der Waals surface area contributed by atoms with Gasteiger partial charge in [-0.15, -0.1) is 0 Å². The fourth-order valence-corrected chi connectivity index (χ4v) is 1.66. The standard InChI is InChI=1S/C8H12O2/c9-5-4-7-2-1-3-8(7)6-10/h5-8H,1-4H2/t7-,8+/m0/s1. The first kappa shape index (κ1) is 7.45. The zero-order chi connectivity index (χ0) is 7.40. The lowest BCUT2D eigenvalue weighted by atomic mass is 9.95. The van der Waals surface area contributed by atoms with Crippen molar-refractivity contribution >= 4 is 12.6 Å². The molecule has 0 amide bonds. The van der Waals surface area contributed by atoms with Crippen LogP contribution in [0.4, 0.5) is 0 Å². The van der Waals surface area contributed by atoms with E-state index >= 15 is 0 Å². The monoisotopic (exact) mass is 140 g/mol. The predicted molar refractivity (Wildman–Crippen MR) is 37.6 cm³/mol. The first-order chi connectivity index (χ1) is 4.88. The maximum atomic E-state index is 10.4. The molecular formula is C8H12O2. The van der Waals surface area contributed by atoms with Crippen LogP contribution in [0.3, 0.4) is 0 Å². The minimum absolute atomic E-state index is 0.171. The van der Waals surface area contributed by atoms with E-state index < -0.39 is 0 Å². The molecule has 0 aromatic heterocycles. The van der Waals surface area contributed by atoms with E-state index in [4.69, 9.17) is 0 Å². The smallest absolute Gasteiger partial charge is 0.123 e. The average molecular weight is 140 g/mol. The highest BCUT2D eigenvalue weighted by atomic mass is 16.1. The van der Waals surface area contributed by atoms with Gasteiger partial charge in [0.05, 0.1) is 0 Å². The molecule has 0 N–H and O–H groups in total. The van der Waals surface area contributed by atoms with Gasteiger partial charge in [0.15, 0.2) is 0 Å². The van der Waals surface area contributed by atoms with Gasteiger partial charge in [0.25, 0.3) is 0 Å². The molecular weight excluding hydrogens is 128 g/mol. The molecule has 0 aliphatic heterocycles. The zero-order valence-corrected chi connectivity index (χ0v) is 5.95. The summed E-state index contributed by atoms with van der Waals surface area (Å²) in [4.78, 5) is 20.5. The molecule has 0 unspecified atom stereocenters. The van der Waals surface area contributed by atoms with E-state index in [-0.39, 0.29) is 5.92 Å². The van der Waals surface area contributed by atoms with Crippen LogP contribution in [0.15, 0.2) is 0 Å². The van der Waals surface area contributed by atoms with Crippen molar-refractivity contribution in [2.45, 2.75) is 25.7 Å². The summed E-state index contributed by atoms with van der Waals surface area (Å²) in [7, 11) is 0. The van der Waals surface area contributed by atoms with Crippen molar-refractivity contribution in [1.82, 2.24) is 0 Å². The summed E-state index contributed by atoms with van der Waals surface area (Å²) >= 11 is 0. The lowest BCUT2D eigenvalue weighted by molar-refractivity contribution is -0.113. The van der Waals surface area contributed by atoms with Crippen LogP contribution in [0, 0.1) is 11.8 Å². The summed E-state index contributed by atoms with van der Waals surface area (Å²) in [6.45, 7) is 0. The fourth-order valence-electron chi connectivity index (χ4n) is 1.66. The minimum Gasteiger partial charge on any atom is -0.303 e. The van der Waals surface area contributed by atoms with Crippen LogP contribution < -0.4 is 0 Å². The second-order valence-electron chi connectivity index (χ2n) is 2.89. The average Bonchev–Trinajstić information content (AvgIpc) is 2.36. The highest BCUT2D eigenvalue weighted by molar-refractivity contribution is 5.57. The zero-order valence-electron chi connectivity index (χ0n) is 5.95. The summed E-state index contributed by atoms with van der Waals surface area (Å²) in [6.07, 6.45) is 5.66. The summed E-state index contributed by atoms with van der Waals surface area (Å²) < 4.78 is 0. The molecule has 2 nitrogen and oxygen atoms in total. The van der Waals surface area contributed by atoms with Crippen LogP contribution in [0.5, 0.6) is 0 Å². The molecule has 1 saturated carbocycles. The maximum absolute atomic E-state index is 10.4. The molecule has 1 aliphatic rings. The summed E-state index contributed by atoms with van der Waals surface area (Å²) in [5.41, 5.74) is 0. The minimum atomic E-state index is 0.171. The highest BCUT2D eigenvalue weighted by Gasteiger charge is 2.25. The van der Waals surface area contributed by atoms with E-state index in [9.17, 15) is 9.59 Å². The number of carbonyl (C=O) groups is 2. The van der Waals surface area contributed by atoms with Crippen LogP contribution in [0.25, 0.3) is 0 Å². The fraction of sp³-hybridized carbons (Fsp3) is 0.750. The third kappa shape index (κ3) is 1.43. The second-order valence-corrected chi connectivity index (χ2v) is 2.89. The quantitative estimate of drug-likeness (QED) is 0.552. The van der Waals surface area contributed by atoms with Gasteiger partial charge in [0.1, 0.15) is 12.6 Å². The van der Waals surface area contributed by atoms with Gasteiger partial charge in [-0.05, 0) is 18.8 Å². The van der Waals surface area contributed by atoms with Crippen molar-refractivity contribution in [2.75, 3.05) is 0 Å². The number of carbonyl (C=O) groups excluding carboxylic acids is 2. The number of hydrogen-bond acceptors (Lipinski definition) is 2. The molecule has 56 valence electrons. The Morgan fingerprint density at radius 1 is 1.30 bits per heavy atom. The van der Waals surface area contributed by atoms with Gasteiger partial charge in [-0.1, -0.05) is 6.42 Å². The summed E-state index contributed by atoms with van der Waals surface area (Å²) in [5, 5.41) is 0. The van der Waals surface area contributed by atoms with Gasteiger partial charge in [0, 0.05) is 12.3 Å². The predicted octanol–water partition coefficient (Wildman–Crippen LogP) is 1.19. The van der Waals surface area contributed by atoms with Gasteiger partial charge >= 0.3 is 0 Å². The Hall–Kier alpha value is -0.660. The number of hydrogen-bond donors (Lipinski definition) is 0. The Bertz CT molecular complexity index is 131. The van der Waals surface area contributed by atoms with Crippen molar-refractivity contribution in [3.8, 4) is 0 Å². The van der Waals surface area contributed by atoms with E-state index in [0.29, 0.717) is 12.3 Å². The molecule has 2 heteroatoms. The highest BCUT2D eigenvalue weighted by Crippen LogP contribution is 2.31. The molecule has 1 fully saturated rings. The van der Waals surface area contributed by atoms with E-state index in [0.717, 1.165) is 31.8 Å². The van der Waals surface area contributed by atoms with Crippen molar-refractivity contribution in [1.29, 1.82) is 0 Å². The van der Waals surface area contributed by atoms with Gasteiger partial charge < -0.3 is 9.59 Å². The number of rotatable bonds is 3. The Labute approximate surface area is 60.6 Å². The SMILES string of the molecule is O=CC[C@@H]1CCC[C@@H]1C=O. The first-order valence-corrected chi connectivity index (χ1v) is 3.77. The molecule has 1 aliphatic carbocycles. The largest absolute Gasteiger partial charge is 0.303 e. The summed E-state index contributed by atoms with van der Waals surface area (Å²) in [6, 6.07) is 0. The normalized spacial score (nSPS) is 32.0. The second kappa shape index (κ2) is 3.49. The van der Waals surface area contributed by atoms with E-state index in [1.807, 2.05) is 0 Å². The lowest BCUT2D eigenvalue weighted by Crippen LogP contribution is -2.09. The Kier molecular flexibility index (Phi) is 2.60. The van der Waals surface area contributed by atoms with Gasteiger partial charge in [0.2, 0.25) is 0 Å². The molecule has 10 heavy (non-hydrogen) atoms. The van der Waals surface area contributed by atoms with E-state index in [2.05, 4.69) is 0 Å². The third-order valence-electron chi connectivity index (χ3n) is 2.29. The molecule has 1 rings (SSSR count). The first-order valence-electron chi connectivity index (χ1n) is 3.77. The molecule has 0 heterocycles. The van der Waals surface area contributed by atoms with Gasteiger partial charge in [-0.3, -0.25) is 0 Å². The summed E-state index contributed by atoms with van der Waals surface area (Å²) in [5.74, 6) is 0.528. The molecule has 0 bridgehead atoms. The Morgan fingerprint density at radius 3 is 2.70 bits per heavy atom. The van der Waals surface area contributed by atoms with Crippen molar-refractivity contribution in [3.63, 3.8) is 0 Å². The van der Waals surface area contributed by atoms with Gasteiger partial charge in [-0.2, -0.15) is 0 Å². The number of aldehydes is 2. The lowest BCUT2D eigenvalue weighted by Gasteiger charge is -2.08. The molecule has 0 radical (unpaired) electrons. The molecule has 0 aromatic rings. The Morgan fingerprint density at radius 2 is 2.10 bits per heavy atom. The third-order valence-corrected chi connectivity index (χ3v) is 2.29. The van der Waals surface area contributed by atoms with Crippen LogP contribution in [0.1, 0.15) is 25.7 Å². The van der Waals surface area contributed by atoms with Crippen LogP contribution >= 0.6 is 0 Å². The van der Waals surface area contributed by atoms with Gasteiger partial charge in [-0.25, -0.2) is 0 Å². The van der Waals surface area contributed by atoms with Crippen molar-refractivity contribution < 1.29 is 9.59 Å². The van der Waals surface area contributed by atoms with E-state index in [1.165, 1.54) is 0 Å². The topological polar surface area (TPSA) is 34.1 Å². The van der Waals surface area contributed by atoms with Crippen molar-refractivity contribution in [2.24, 2.45) is 11.8 Å². The van der Waals surface area contributed by atoms with Crippen LogP contribution in [-0.2, 0) is 9.59 Å². The molecule has 0 saturated heterocycles. The molecule has 0 aromatic carbocycles.